The molecule has 5 heteroatoms. The molecule has 0 radical (unpaired) electrons. The first-order valence-corrected chi connectivity index (χ1v) is 6.14. The maximum Gasteiger partial charge on any atom is 0.183 e. The molecule has 0 atom stereocenters. The van der Waals surface area contributed by atoms with Crippen LogP contribution in [0, 0.1) is 0 Å². The maximum atomic E-state index is 4.17. The van der Waals surface area contributed by atoms with Gasteiger partial charge in [-0.2, -0.15) is 17.7 Å². The number of aromatic nitrogens is 3. The van der Waals surface area contributed by atoms with E-state index in [2.05, 4.69) is 27.8 Å². The van der Waals surface area contributed by atoms with E-state index in [1.807, 2.05) is 0 Å². The van der Waals surface area contributed by atoms with Crippen LogP contribution in [0.3, 0.4) is 0 Å². The third-order valence-corrected chi connectivity index (χ3v) is 2.96. The Morgan fingerprint density at radius 1 is 1.31 bits per heavy atom. The molecule has 1 rings (SSSR count). The third kappa shape index (κ3) is 5.21. The summed E-state index contributed by atoms with van der Waals surface area (Å²) in [6, 6.07) is 0. The summed E-state index contributed by atoms with van der Waals surface area (Å²) in [5.74, 6) is 2.14. The Bertz CT molecular complexity index is 201. The lowest BCUT2D eigenvalue weighted by atomic mass is 10.2. The fraction of sp³-hybridized carbons (Fsp3) is 0.750. The van der Waals surface area contributed by atoms with Crippen molar-refractivity contribution in [2.24, 2.45) is 0 Å². The normalized spacial score (nSPS) is 10.5. The van der Waals surface area contributed by atoms with E-state index in [-0.39, 0.29) is 0 Å². The van der Waals surface area contributed by atoms with Crippen LogP contribution in [0.1, 0.15) is 25.7 Å². The summed E-state index contributed by atoms with van der Waals surface area (Å²) < 4.78 is 0. The standard InChI is InChI=1S/C8H15N3S2/c12-5-3-1-2-4-6-13-8-9-7-10-11-8/h7,12H,1-6H2,(H,9,10,11). The fourth-order valence-corrected chi connectivity index (χ4v) is 2.00. The van der Waals surface area contributed by atoms with Gasteiger partial charge >= 0.3 is 0 Å². The number of unbranched alkanes of at least 4 members (excludes halogenated alkanes) is 3. The molecule has 1 aromatic heterocycles. The van der Waals surface area contributed by atoms with E-state index < -0.39 is 0 Å². The van der Waals surface area contributed by atoms with Gasteiger partial charge in [0, 0.05) is 5.75 Å². The van der Waals surface area contributed by atoms with Gasteiger partial charge in [-0.1, -0.05) is 24.6 Å². The van der Waals surface area contributed by atoms with E-state index in [9.17, 15) is 0 Å². The van der Waals surface area contributed by atoms with Crippen LogP contribution in [0.25, 0.3) is 0 Å². The number of thiol groups is 1. The van der Waals surface area contributed by atoms with Crippen LogP contribution in [-0.4, -0.2) is 26.7 Å². The predicted molar refractivity (Wildman–Crippen MR) is 59.4 cm³/mol. The third-order valence-electron chi connectivity index (χ3n) is 1.68. The average molecular weight is 217 g/mol. The van der Waals surface area contributed by atoms with Gasteiger partial charge in [0.25, 0.3) is 0 Å². The lowest BCUT2D eigenvalue weighted by molar-refractivity contribution is 0.711. The second kappa shape index (κ2) is 7.26. The number of thioether (sulfide) groups is 1. The fourth-order valence-electron chi connectivity index (χ4n) is 1.00. The first kappa shape index (κ1) is 10.9. The molecule has 13 heavy (non-hydrogen) atoms. The number of H-pyrrole nitrogens is 1. The van der Waals surface area contributed by atoms with Crippen LogP contribution in [0.5, 0.6) is 0 Å². The van der Waals surface area contributed by atoms with Gasteiger partial charge in [0.05, 0.1) is 0 Å². The summed E-state index contributed by atoms with van der Waals surface area (Å²) in [6.45, 7) is 0. The first-order valence-electron chi connectivity index (χ1n) is 4.52. The number of hydrogen-bond donors (Lipinski definition) is 2. The molecule has 1 aromatic rings. The first-order chi connectivity index (χ1) is 6.43. The molecule has 1 heterocycles. The van der Waals surface area contributed by atoms with Crippen LogP contribution in [0.15, 0.2) is 11.5 Å². The number of nitrogens with one attached hydrogen (secondary N) is 1. The van der Waals surface area contributed by atoms with Crippen molar-refractivity contribution >= 4 is 24.4 Å². The van der Waals surface area contributed by atoms with Crippen molar-refractivity contribution in [1.29, 1.82) is 0 Å². The Hall–Kier alpha value is -0.160. The second-order valence-corrected chi connectivity index (χ2v) is 4.31. The van der Waals surface area contributed by atoms with Gasteiger partial charge in [-0.3, -0.25) is 5.10 Å². The Balaban J connectivity index is 1.90. The van der Waals surface area contributed by atoms with E-state index in [0.29, 0.717) is 0 Å². The molecule has 0 aliphatic rings. The van der Waals surface area contributed by atoms with Crippen LogP contribution >= 0.6 is 24.4 Å². The highest BCUT2D eigenvalue weighted by molar-refractivity contribution is 7.99. The van der Waals surface area contributed by atoms with Gasteiger partial charge in [-0.15, -0.1) is 0 Å². The lowest BCUT2D eigenvalue weighted by Crippen LogP contribution is -1.84. The minimum absolute atomic E-state index is 0.925. The molecular formula is C8H15N3S2. The van der Waals surface area contributed by atoms with Crippen molar-refractivity contribution in [2.75, 3.05) is 11.5 Å². The summed E-state index contributed by atoms with van der Waals surface area (Å²) in [5, 5.41) is 7.54. The largest absolute Gasteiger partial charge is 0.254 e. The average Bonchev–Trinajstić information content (AvgIpc) is 2.63. The summed E-state index contributed by atoms with van der Waals surface area (Å²) in [5.41, 5.74) is 0. The second-order valence-electron chi connectivity index (χ2n) is 2.78. The molecular weight excluding hydrogens is 202 g/mol. The quantitative estimate of drug-likeness (QED) is 0.418. The molecule has 0 saturated heterocycles. The zero-order valence-electron chi connectivity index (χ0n) is 7.57. The molecule has 0 aliphatic carbocycles. The monoisotopic (exact) mass is 217 g/mol. The number of rotatable bonds is 7. The molecule has 0 unspecified atom stereocenters. The van der Waals surface area contributed by atoms with Crippen molar-refractivity contribution in [2.45, 2.75) is 30.8 Å². The Kier molecular flexibility index (Phi) is 6.10. The molecule has 0 fully saturated rings. The maximum absolute atomic E-state index is 4.17. The highest BCUT2D eigenvalue weighted by Gasteiger charge is 1.95. The molecule has 3 nitrogen and oxygen atoms in total. The molecule has 0 bridgehead atoms. The highest BCUT2D eigenvalue weighted by atomic mass is 32.2. The van der Waals surface area contributed by atoms with E-state index in [1.54, 1.807) is 18.1 Å². The van der Waals surface area contributed by atoms with E-state index >= 15 is 0 Å². The van der Waals surface area contributed by atoms with E-state index in [4.69, 9.17) is 0 Å². The summed E-state index contributed by atoms with van der Waals surface area (Å²) >= 11 is 5.90. The number of hydrogen-bond acceptors (Lipinski definition) is 4. The Labute approximate surface area is 88.5 Å². The van der Waals surface area contributed by atoms with Gasteiger partial charge in [-0.25, -0.2) is 4.98 Å². The molecule has 1 N–H and O–H groups in total. The summed E-state index contributed by atoms with van der Waals surface area (Å²) in [7, 11) is 0. The van der Waals surface area contributed by atoms with Crippen molar-refractivity contribution in [3.8, 4) is 0 Å². The van der Waals surface area contributed by atoms with Gasteiger partial charge in [0.15, 0.2) is 5.16 Å². The van der Waals surface area contributed by atoms with Gasteiger partial charge in [0.2, 0.25) is 0 Å². The van der Waals surface area contributed by atoms with E-state index in [0.717, 1.165) is 16.7 Å². The molecule has 0 saturated carbocycles. The van der Waals surface area contributed by atoms with Crippen LogP contribution in [-0.2, 0) is 0 Å². The summed E-state index contributed by atoms with van der Waals surface area (Å²) in [4.78, 5) is 4.03. The SMILES string of the molecule is SCCCCCCSc1ncn[nH]1. The van der Waals surface area contributed by atoms with Crippen LogP contribution < -0.4 is 0 Å². The van der Waals surface area contributed by atoms with Crippen molar-refractivity contribution in [3.05, 3.63) is 6.33 Å². The smallest absolute Gasteiger partial charge is 0.183 e. The van der Waals surface area contributed by atoms with Crippen LogP contribution in [0.2, 0.25) is 0 Å². The van der Waals surface area contributed by atoms with Gasteiger partial charge < -0.3 is 0 Å². The van der Waals surface area contributed by atoms with Crippen LogP contribution in [0.4, 0.5) is 0 Å². The molecule has 0 amide bonds. The molecule has 0 aromatic carbocycles. The summed E-state index contributed by atoms with van der Waals surface area (Å²) in [6.07, 6.45) is 6.61. The van der Waals surface area contributed by atoms with Crippen molar-refractivity contribution in [3.63, 3.8) is 0 Å². The minimum Gasteiger partial charge on any atom is -0.254 e. The van der Waals surface area contributed by atoms with Crippen molar-refractivity contribution in [1.82, 2.24) is 15.2 Å². The highest BCUT2D eigenvalue weighted by Crippen LogP contribution is 2.13. The molecule has 74 valence electrons. The van der Waals surface area contributed by atoms with Gasteiger partial charge in [0.1, 0.15) is 6.33 Å². The molecule has 0 spiro atoms. The van der Waals surface area contributed by atoms with E-state index in [1.165, 1.54) is 25.7 Å². The Morgan fingerprint density at radius 2 is 2.15 bits per heavy atom. The lowest BCUT2D eigenvalue weighted by Gasteiger charge is -1.97. The zero-order valence-corrected chi connectivity index (χ0v) is 9.28. The zero-order chi connectivity index (χ0) is 9.36. The molecule has 0 aliphatic heterocycles. The number of nitrogens with zero attached hydrogens (tertiary/aromatic N) is 2. The minimum atomic E-state index is 0.925. The number of aromatic amines is 1. The van der Waals surface area contributed by atoms with Gasteiger partial charge in [-0.05, 0) is 18.6 Å². The van der Waals surface area contributed by atoms with Crippen molar-refractivity contribution < 1.29 is 0 Å². The topological polar surface area (TPSA) is 41.6 Å². The Morgan fingerprint density at radius 3 is 2.85 bits per heavy atom. The predicted octanol–water partition coefficient (Wildman–Crippen LogP) is 2.39.